The molecular weight excluding hydrogens is 236 g/mol. The Morgan fingerprint density at radius 1 is 1.35 bits per heavy atom. The highest BCUT2D eigenvalue weighted by atomic mass is 35.5. The fraction of sp³-hybridized carbons (Fsp3) is 0.583. The molecule has 0 N–H and O–H groups in total. The van der Waals surface area contributed by atoms with Gasteiger partial charge in [-0.25, -0.2) is 4.98 Å². The van der Waals surface area contributed by atoms with Gasteiger partial charge >= 0.3 is 0 Å². The number of rotatable bonds is 2. The predicted octanol–water partition coefficient (Wildman–Crippen LogP) is 3.00. The van der Waals surface area contributed by atoms with Gasteiger partial charge in [-0.3, -0.25) is 4.40 Å². The van der Waals surface area contributed by atoms with Crippen LogP contribution < -0.4 is 0 Å². The Bertz CT molecular complexity index is 527. The number of hydrogen-bond acceptors (Lipinski definition) is 3. The molecule has 2 heterocycles. The summed E-state index contributed by atoms with van der Waals surface area (Å²) in [5, 5.41) is 8.67. The molecule has 2 aromatic rings. The van der Waals surface area contributed by atoms with Crippen LogP contribution in [0, 0.1) is 11.3 Å². The summed E-state index contributed by atoms with van der Waals surface area (Å²) in [6, 6.07) is 0. The maximum Gasteiger partial charge on any atom is 0.198 e. The summed E-state index contributed by atoms with van der Waals surface area (Å²) >= 11 is 5.96. The SMILES string of the molecule is CC(Cc1nnc2c(Cl)nccn12)C(C)(C)C. The standard InChI is InChI=1S/C12H17ClN4/c1-8(12(2,3)4)7-9-15-16-11-10(13)14-5-6-17(9)11/h5-6,8H,7H2,1-4H3. The van der Waals surface area contributed by atoms with Crippen molar-refractivity contribution >= 4 is 17.2 Å². The summed E-state index contributed by atoms with van der Waals surface area (Å²) in [6.07, 6.45) is 4.40. The quantitative estimate of drug-likeness (QED) is 0.825. The van der Waals surface area contributed by atoms with Crippen LogP contribution in [0.4, 0.5) is 0 Å². The minimum Gasteiger partial charge on any atom is -0.282 e. The molecule has 0 aliphatic rings. The molecule has 1 atom stereocenters. The second-order valence-corrected chi connectivity index (χ2v) is 5.86. The van der Waals surface area contributed by atoms with Crippen LogP contribution in [0.5, 0.6) is 0 Å². The highest BCUT2D eigenvalue weighted by Crippen LogP contribution is 2.28. The maximum atomic E-state index is 5.96. The van der Waals surface area contributed by atoms with Crippen molar-refractivity contribution in [1.29, 1.82) is 0 Å². The monoisotopic (exact) mass is 252 g/mol. The van der Waals surface area contributed by atoms with Gasteiger partial charge in [0.1, 0.15) is 5.82 Å². The average molecular weight is 253 g/mol. The Balaban J connectivity index is 2.35. The minimum atomic E-state index is 0.253. The Labute approximate surface area is 106 Å². The molecule has 4 nitrogen and oxygen atoms in total. The van der Waals surface area contributed by atoms with Crippen LogP contribution in [0.15, 0.2) is 12.4 Å². The van der Waals surface area contributed by atoms with Crippen LogP contribution in [0.25, 0.3) is 5.65 Å². The first-order valence-electron chi connectivity index (χ1n) is 5.73. The number of fused-ring (bicyclic) bond motifs is 1. The van der Waals surface area contributed by atoms with E-state index in [-0.39, 0.29) is 5.41 Å². The normalized spacial score (nSPS) is 14.2. The first kappa shape index (κ1) is 12.3. The molecule has 0 aromatic carbocycles. The van der Waals surface area contributed by atoms with E-state index in [2.05, 4.69) is 42.9 Å². The molecule has 0 bridgehead atoms. The molecule has 5 heteroatoms. The molecule has 2 aromatic heterocycles. The fourth-order valence-electron chi connectivity index (χ4n) is 1.56. The summed E-state index contributed by atoms with van der Waals surface area (Å²) in [6.45, 7) is 8.92. The van der Waals surface area contributed by atoms with E-state index in [4.69, 9.17) is 11.6 Å². The van der Waals surface area contributed by atoms with E-state index in [0.717, 1.165) is 12.2 Å². The number of aromatic nitrogens is 4. The van der Waals surface area contributed by atoms with Gasteiger partial charge in [0, 0.05) is 18.8 Å². The van der Waals surface area contributed by atoms with E-state index in [1.54, 1.807) is 6.20 Å². The maximum absolute atomic E-state index is 5.96. The van der Waals surface area contributed by atoms with Gasteiger partial charge in [0.25, 0.3) is 0 Å². The van der Waals surface area contributed by atoms with E-state index in [9.17, 15) is 0 Å². The van der Waals surface area contributed by atoms with Crippen molar-refractivity contribution in [2.45, 2.75) is 34.1 Å². The van der Waals surface area contributed by atoms with E-state index in [1.807, 2.05) is 10.6 Å². The molecule has 1 unspecified atom stereocenters. The van der Waals surface area contributed by atoms with Crippen LogP contribution >= 0.6 is 11.6 Å². The largest absolute Gasteiger partial charge is 0.282 e. The Morgan fingerprint density at radius 3 is 2.71 bits per heavy atom. The third kappa shape index (κ3) is 2.41. The second-order valence-electron chi connectivity index (χ2n) is 5.50. The predicted molar refractivity (Wildman–Crippen MR) is 68.1 cm³/mol. The topological polar surface area (TPSA) is 43.1 Å². The van der Waals surface area contributed by atoms with Crippen molar-refractivity contribution in [3.8, 4) is 0 Å². The van der Waals surface area contributed by atoms with Gasteiger partial charge in [0.05, 0.1) is 0 Å². The number of hydrogen-bond donors (Lipinski definition) is 0. The molecule has 17 heavy (non-hydrogen) atoms. The lowest BCUT2D eigenvalue weighted by Crippen LogP contribution is -2.20. The van der Waals surface area contributed by atoms with Gasteiger partial charge < -0.3 is 0 Å². The lowest BCUT2D eigenvalue weighted by Gasteiger charge is -2.26. The van der Waals surface area contributed by atoms with Gasteiger partial charge in [-0.1, -0.05) is 39.3 Å². The van der Waals surface area contributed by atoms with Crippen molar-refractivity contribution in [2.75, 3.05) is 0 Å². The Kier molecular flexibility index (Phi) is 3.08. The van der Waals surface area contributed by atoms with Crippen molar-refractivity contribution in [3.05, 3.63) is 23.4 Å². The van der Waals surface area contributed by atoms with E-state index in [0.29, 0.717) is 16.7 Å². The smallest absolute Gasteiger partial charge is 0.198 e. The van der Waals surface area contributed by atoms with E-state index >= 15 is 0 Å². The molecule has 0 aliphatic carbocycles. The molecule has 0 fully saturated rings. The molecule has 0 saturated carbocycles. The summed E-state index contributed by atoms with van der Waals surface area (Å²) in [7, 11) is 0. The molecule has 0 aliphatic heterocycles. The van der Waals surface area contributed by atoms with Crippen LogP contribution in [-0.2, 0) is 6.42 Å². The fourth-order valence-corrected chi connectivity index (χ4v) is 1.75. The number of halogens is 1. The average Bonchev–Trinajstić information content (AvgIpc) is 2.62. The van der Waals surface area contributed by atoms with Crippen LogP contribution in [0.1, 0.15) is 33.5 Å². The zero-order chi connectivity index (χ0) is 12.6. The van der Waals surface area contributed by atoms with Gasteiger partial charge in [0.2, 0.25) is 0 Å². The van der Waals surface area contributed by atoms with Gasteiger partial charge in [-0.2, -0.15) is 0 Å². The molecule has 0 amide bonds. The summed E-state index contributed by atoms with van der Waals surface area (Å²) < 4.78 is 1.91. The summed E-state index contributed by atoms with van der Waals surface area (Å²) in [4.78, 5) is 3.99. The van der Waals surface area contributed by atoms with Crippen molar-refractivity contribution in [2.24, 2.45) is 11.3 Å². The van der Waals surface area contributed by atoms with Crippen LogP contribution in [0.3, 0.4) is 0 Å². The third-order valence-corrected chi connectivity index (χ3v) is 3.59. The van der Waals surface area contributed by atoms with Crippen molar-refractivity contribution in [1.82, 2.24) is 19.6 Å². The molecule has 2 rings (SSSR count). The van der Waals surface area contributed by atoms with Crippen molar-refractivity contribution < 1.29 is 0 Å². The molecular formula is C12H17ClN4. The highest BCUT2D eigenvalue weighted by Gasteiger charge is 2.22. The molecule has 0 radical (unpaired) electrons. The zero-order valence-corrected chi connectivity index (χ0v) is 11.4. The zero-order valence-electron chi connectivity index (χ0n) is 10.6. The minimum absolute atomic E-state index is 0.253. The first-order valence-corrected chi connectivity index (χ1v) is 6.11. The highest BCUT2D eigenvalue weighted by molar-refractivity contribution is 6.32. The van der Waals surface area contributed by atoms with Crippen molar-refractivity contribution in [3.63, 3.8) is 0 Å². The lowest BCUT2D eigenvalue weighted by molar-refractivity contribution is 0.256. The first-order chi connectivity index (χ1) is 7.89. The second kappa shape index (κ2) is 4.26. The molecule has 92 valence electrons. The van der Waals surface area contributed by atoms with E-state index in [1.165, 1.54) is 0 Å². The summed E-state index contributed by atoms with van der Waals surface area (Å²) in [5.74, 6) is 1.45. The van der Waals surface area contributed by atoms with E-state index < -0.39 is 0 Å². The molecule has 0 saturated heterocycles. The Morgan fingerprint density at radius 2 is 2.06 bits per heavy atom. The molecule has 0 spiro atoms. The van der Waals surface area contributed by atoms with Crippen LogP contribution in [0.2, 0.25) is 5.15 Å². The van der Waals surface area contributed by atoms with Gasteiger partial charge in [-0.15, -0.1) is 10.2 Å². The summed E-state index contributed by atoms with van der Waals surface area (Å²) in [5.41, 5.74) is 0.883. The lowest BCUT2D eigenvalue weighted by atomic mass is 9.80. The Hall–Kier alpha value is -1.16. The van der Waals surface area contributed by atoms with Gasteiger partial charge in [-0.05, 0) is 11.3 Å². The number of nitrogens with zero attached hydrogens (tertiary/aromatic N) is 4. The van der Waals surface area contributed by atoms with Gasteiger partial charge in [0.15, 0.2) is 10.8 Å². The third-order valence-electron chi connectivity index (χ3n) is 3.32. The van der Waals surface area contributed by atoms with Crippen LogP contribution in [-0.4, -0.2) is 19.6 Å².